The molecule has 0 unspecified atom stereocenters. The van der Waals surface area contributed by atoms with Gasteiger partial charge in [-0.05, 0) is 30.7 Å². The van der Waals surface area contributed by atoms with Crippen LogP contribution in [0.4, 0.5) is 0 Å². The van der Waals surface area contributed by atoms with Crippen LogP contribution in [-0.2, 0) is 22.4 Å². The number of rotatable bonds is 14. The normalized spacial score (nSPS) is 12.0. The fourth-order valence-corrected chi connectivity index (χ4v) is 3.65. The second-order valence-electron chi connectivity index (χ2n) is 7.85. The predicted molar refractivity (Wildman–Crippen MR) is 132 cm³/mol. The number of hydrogen-bond acceptors (Lipinski definition) is 6. The van der Waals surface area contributed by atoms with Crippen molar-refractivity contribution in [2.45, 2.75) is 26.0 Å². The largest absolute Gasteiger partial charge is 0.439 e. The minimum absolute atomic E-state index is 0.172. The molecule has 7 heteroatoms. The molecule has 7 nitrogen and oxygen atoms in total. The maximum Gasteiger partial charge on any atom is 0.227 e. The predicted octanol–water partition coefficient (Wildman–Crippen LogP) is 3.69. The first-order chi connectivity index (χ1) is 16.7. The summed E-state index contributed by atoms with van der Waals surface area (Å²) in [5, 5.41) is 15.4. The fraction of sp³-hybridized carbons (Fsp3) is 0.370. The third-order valence-electron chi connectivity index (χ3n) is 5.27. The topological polar surface area (TPSA) is 69.0 Å². The van der Waals surface area contributed by atoms with Crippen molar-refractivity contribution in [1.82, 2.24) is 14.7 Å². The van der Waals surface area contributed by atoms with Crippen molar-refractivity contribution in [3.8, 4) is 29.7 Å². The van der Waals surface area contributed by atoms with Gasteiger partial charge in [-0.15, -0.1) is 6.42 Å². The third kappa shape index (κ3) is 7.17. The van der Waals surface area contributed by atoms with Crippen molar-refractivity contribution in [3.05, 3.63) is 71.9 Å². The van der Waals surface area contributed by atoms with Gasteiger partial charge in [0.25, 0.3) is 0 Å². The summed E-state index contributed by atoms with van der Waals surface area (Å²) in [6.45, 7) is 4.52. The van der Waals surface area contributed by atoms with Crippen LogP contribution in [0.3, 0.4) is 0 Å². The average molecular weight is 464 g/mol. The number of aryl methyl sites for hydroxylation is 1. The van der Waals surface area contributed by atoms with Gasteiger partial charge in [-0.1, -0.05) is 49.2 Å². The Bertz CT molecular complexity index is 1030. The zero-order chi connectivity index (χ0) is 24.2. The van der Waals surface area contributed by atoms with Gasteiger partial charge in [-0.2, -0.15) is 5.10 Å². The van der Waals surface area contributed by atoms with E-state index in [0.29, 0.717) is 32.1 Å². The number of nitrogens with zero attached hydrogens (tertiary/aromatic N) is 3. The highest BCUT2D eigenvalue weighted by atomic mass is 16.5. The summed E-state index contributed by atoms with van der Waals surface area (Å²) in [5.74, 6) is 3.81. The number of methoxy groups -OCH3 is 1. The van der Waals surface area contributed by atoms with Gasteiger partial charge < -0.3 is 19.3 Å². The van der Waals surface area contributed by atoms with Crippen molar-refractivity contribution in [3.63, 3.8) is 0 Å². The highest BCUT2D eigenvalue weighted by Gasteiger charge is 2.23. The number of hydrogen-bond donors (Lipinski definition) is 1. The first-order valence-corrected chi connectivity index (χ1v) is 11.5. The first-order valence-electron chi connectivity index (χ1n) is 11.5. The summed E-state index contributed by atoms with van der Waals surface area (Å²) in [7, 11) is 1.67. The fourth-order valence-electron chi connectivity index (χ4n) is 3.65. The molecule has 0 bridgehead atoms. The highest BCUT2D eigenvalue weighted by molar-refractivity contribution is 5.43. The van der Waals surface area contributed by atoms with E-state index in [1.54, 1.807) is 7.11 Å². The monoisotopic (exact) mass is 463 g/mol. The molecule has 0 spiro atoms. The molecular weight excluding hydrogens is 430 g/mol. The molecule has 180 valence electrons. The standard InChI is InChI=1S/C27H33N3O4/c1-4-17-33-21-23(31)19-29(16-18-32-3)20-25-26(5-2)28-30(22-12-8-6-9-13-22)27(25)34-24-14-10-7-11-15-24/h1,6-15,23,31H,5,16-21H2,2-3H3/t23-/m1/s1. The lowest BCUT2D eigenvalue weighted by Crippen LogP contribution is -2.36. The van der Waals surface area contributed by atoms with Gasteiger partial charge in [-0.25, -0.2) is 4.68 Å². The van der Waals surface area contributed by atoms with Crippen molar-refractivity contribution in [1.29, 1.82) is 0 Å². The van der Waals surface area contributed by atoms with Crippen LogP contribution in [0.15, 0.2) is 60.7 Å². The van der Waals surface area contributed by atoms with Crippen molar-refractivity contribution in [2.75, 3.05) is 40.0 Å². The van der Waals surface area contributed by atoms with E-state index in [-0.39, 0.29) is 13.2 Å². The summed E-state index contributed by atoms with van der Waals surface area (Å²) in [4.78, 5) is 2.12. The lowest BCUT2D eigenvalue weighted by atomic mass is 10.1. The third-order valence-corrected chi connectivity index (χ3v) is 5.27. The Morgan fingerprint density at radius 2 is 1.82 bits per heavy atom. The Hall–Kier alpha value is -3.15. The molecule has 0 aliphatic rings. The Labute approximate surface area is 201 Å². The summed E-state index contributed by atoms with van der Waals surface area (Å²) < 4.78 is 18.9. The molecule has 1 atom stereocenters. The van der Waals surface area contributed by atoms with Crippen molar-refractivity contribution >= 4 is 0 Å². The van der Waals surface area contributed by atoms with E-state index in [1.807, 2.05) is 65.3 Å². The second kappa shape index (κ2) is 13.5. The van der Waals surface area contributed by atoms with Crippen molar-refractivity contribution < 1.29 is 19.3 Å². The minimum atomic E-state index is -0.682. The van der Waals surface area contributed by atoms with Crippen LogP contribution < -0.4 is 4.74 Å². The van der Waals surface area contributed by atoms with E-state index >= 15 is 0 Å². The van der Waals surface area contributed by atoms with E-state index in [4.69, 9.17) is 25.7 Å². The molecule has 1 heterocycles. The lowest BCUT2D eigenvalue weighted by molar-refractivity contribution is 0.0205. The zero-order valence-electron chi connectivity index (χ0n) is 19.9. The number of aliphatic hydroxyl groups excluding tert-OH is 1. The smallest absolute Gasteiger partial charge is 0.227 e. The number of terminal acetylenes is 1. The molecule has 0 aliphatic carbocycles. The van der Waals surface area contributed by atoms with E-state index in [0.717, 1.165) is 29.1 Å². The van der Waals surface area contributed by atoms with Crippen molar-refractivity contribution in [2.24, 2.45) is 0 Å². The van der Waals surface area contributed by atoms with Gasteiger partial charge in [0.1, 0.15) is 12.4 Å². The number of para-hydroxylation sites is 2. The number of benzene rings is 2. The maximum absolute atomic E-state index is 10.5. The van der Waals surface area contributed by atoms with Crippen LogP contribution >= 0.6 is 0 Å². The number of aromatic nitrogens is 2. The Morgan fingerprint density at radius 3 is 2.47 bits per heavy atom. The van der Waals surface area contributed by atoms with Gasteiger partial charge in [0, 0.05) is 26.7 Å². The molecule has 3 aromatic rings. The molecule has 0 saturated heterocycles. The zero-order valence-corrected chi connectivity index (χ0v) is 19.9. The highest BCUT2D eigenvalue weighted by Crippen LogP contribution is 2.32. The number of ether oxygens (including phenoxy) is 3. The molecule has 0 saturated carbocycles. The molecule has 34 heavy (non-hydrogen) atoms. The molecule has 1 aromatic heterocycles. The van der Waals surface area contributed by atoms with Crippen LogP contribution in [0.5, 0.6) is 11.6 Å². The van der Waals surface area contributed by atoms with Gasteiger partial charge >= 0.3 is 0 Å². The van der Waals surface area contributed by atoms with Gasteiger partial charge in [0.05, 0.1) is 36.3 Å². The first kappa shape index (κ1) is 25.5. The van der Waals surface area contributed by atoms with Gasteiger partial charge in [0.15, 0.2) is 0 Å². The van der Waals surface area contributed by atoms with Crippen LogP contribution in [0.2, 0.25) is 0 Å². The van der Waals surface area contributed by atoms with Crippen LogP contribution in [-0.4, -0.2) is 65.9 Å². The SMILES string of the molecule is C#CCOC[C@H](O)CN(CCOC)Cc1c(CC)nn(-c2ccccc2)c1Oc1ccccc1. The van der Waals surface area contributed by atoms with E-state index < -0.39 is 6.10 Å². The van der Waals surface area contributed by atoms with Gasteiger partial charge in [0.2, 0.25) is 5.88 Å². The lowest BCUT2D eigenvalue weighted by Gasteiger charge is -2.25. The quantitative estimate of drug-likeness (QED) is 0.291. The average Bonchev–Trinajstić information content (AvgIpc) is 3.20. The van der Waals surface area contributed by atoms with E-state index in [1.165, 1.54) is 0 Å². The summed E-state index contributed by atoms with van der Waals surface area (Å²) in [6, 6.07) is 19.6. The molecule has 3 rings (SSSR count). The molecule has 0 radical (unpaired) electrons. The molecule has 2 aromatic carbocycles. The molecule has 0 aliphatic heterocycles. The van der Waals surface area contributed by atoms with E-state index in [9.17, 15) is 5.11 Å². The van der Waals surface area contributed by atoms with Crippen LogP contribution in [0, 0.1) is 12.3 Å². The minimum Gasteiger partial charge on any atom is -0.439 e. The summed E-state index contributed by atoms with van der Waals surface area (Å²) in [5.41, 5.74) is 2.83. The Balaban J connectivity index is 1.94. The second-order valence-corrected chi connectivity index (χ2v) is 7.85. The van der Waals surface area contributed by atoms with Gasteiger partial charge in [-0.3, -0.25) is 4.90 Å². The summed E-state index contributed by atoms with van der Waals surface area (Å²) >= 11 is 0. The van der Waals surface area contributed by atoms with Crippen LogP contribution in [0.25, 0.3) is 5.69 Å². The number of aliphatic hydroxyl groups is 1. The Kier molecular flexibility index (Phi) is 10.1. The van der Waals surface area contributed by atoms with Crippen LogP contribution in [0.1, 0.15) is 18.2 Å². The molecule has 1 N–H and O–H groups in total. The van der Waals surface area contributed by atoms with E-state index in [2.05, 4.69) is 17.7 Å². The molecule has 0 amide bonds. The maximum atomic E-state index is 10.5. The molecule has 0 fully saturated rings. The Morgan fingerprint density at radius 1 is 1.12 bits per heavy atom. The summed E-state index contributed by atoms with van der Waals surface area (Å²) in [6.07, 6.45) is 5.30. The molecular formula is C27H33N3O4.